The number of aromatic nitrogens is 1. The van der Waals surface area contributed by atoms with Gasteiger partial charge in [-0.1, -0.05) is 0 Å². The van der Waals surface area contributed by atoms with E-state index in [9.17, 15) is 0 Å². The molecule has 1 aromatic rings. The number of nitrogens with zero attached hydrogens (tertiary/aromatic N) is 1. The molecule has 0 aromatic carbocycles. The molecule has 48 valence electrons. The van der Waals surface area contributed by atoms with Gasteiger partial charge in [-0.15, -0.1) is 0 Å². The van der Waals surface area contributed by atoms with Crippen LogP contribution in [-0.2, 0) is 0 Å². The molecule has 3 nitrogen and oxygen atoms in total. The molecule has 0 radical (unpaired) electrons. The van der Waals surface area contributed by atoms with E-state index in [1.54, 1.807) is 6.20 Å². The Morgan fingerprint density at radius 1 is 1.44 bits per heavy atom. The van der Waals surface area contributed by atoms with Crippen LogP contribution in [0.25, 0.3) is 0 Å². The lowest BCUT2D eigenvalue weighted by Gasteiger charge is -1.98. The molecule has 0 amide bonds. The maximum atomic E-state index is 5.49. The van der Waals surface area contributed by atoms with Gasteiger partial charge in [0.15, 0.2) is 0 Å². The number of hydrogen-bond acceptors (Lipinski definition) is 3. The number of anilines is 2. The van der Waals surface area contributed by atoms with Crippen LogP contribution in [0, 0.1) is 3.57 Å². The van der Waals surface area contributed by atoms with Gasteiger partial charge in [-0.05, 0) is 28.7 Å². The Kier molecular flexibility index (Phi) is 1.75. The molecule has 0 bridgehead atoms. The largest absolute Gasteiger partial charge is 0.395 e. The molecule has 0 aliphatic rings. The van der Waals surface area contributed by atoms with Gasteiger partial charge in [0.2, 0.25) is 0 Å². The molecule has 0 aliphatic heterocycles. The van der Waals surface area contributed by atoms with Crippen LogP contribution in [0.2, 0.25) is 0 Å². The van der Waals surface area contributed by atoms with Crippen LogP contribution in [-0.4, -0.2) is 4.98 Å². The van der Waals surface area contributed by atoms with Crippen LogP contribution in [0.1, 0.15) is 0 Å². The van der Waals surface area contributed by atoms with E-state index in [4.69, 9.17) is 11.5 Å². The van der Waals surface area contributed by atoms with E-state index >= 15 is 0 Å². The highest BCUT2D eigenvalue weighted by molar-refractivity contribution is 14.1. The lowest BCUT2D eigenvalue weighted by Crippen LogP contribution is -1.98. The fourth-order valence-corrected chi connectivity index (χ4v) is 0.902. The van der Waals surface area contributed by atoms with Gasteiger partial charge in [-0.25, -0.2) is 4.98 Å². The summed E-state index contributed by atoms with van der Waals surface area (Å²) < 4.78 is 0.945. The van der Waals surface area contributed by atoms with Crippen molar-refractivity contribution < 1.29 is 0 Å². The van der Waals surface area contributed by atoms with Crippen LogP contribution in [0.5, 0.6) is 0 Å². The molecule has 1 aromatic heterocycles. The number of halogens is 1. The van der Waals surface area contributed by atoms with Crippen molar-refractivity contribution in [3.8, 4) is 0 Å². The van der Waals surface area contributed by atoms with Gasteiger partial charge >= 0.3 is 0 Å². The summed E-state index contributed by atoms with van der Waals surface area (Å²) in [6, 6.07) is 1.81. The van der Waals surface area contributed by atoms with Gasteiger partial charge in [0.25, 0.3) is 0 Å². The molecule has 0 saturated carbocycles. The molecule has 0 aliphatic carbocycles. The van der Waals surface area contributed by atoms with Crippen LogP contribution < -0.4 is 11.5 Å². The molecule has 1 heterocycles. The Morgan fingerprint density at radius 2 is 2.11 bits per heavy atom. The van der Waals surface area contributed by atoms with E-state index in [-0.39, 0.29) is 0 Å². The van der Waals surface area contributed by atoms with E-state index in [0.717, 1.165) is 3.57 Å². The number of nitrogens with two attached hydrogens (primary N) is 2. The third-order valence-electron chi connectivity index (χ3n) is 0.968. The second-order valence-electron chi connectivity index (χ2n) is 1.59. The van der Waals surface area contributed by atoms with E-state index < -0.39 is 0 Å². The van der Waals surface area contributed by atoms with Crippen molar-refractivity contribution in [3.63, 3.8) is 0 Å². The minimum atomic E-state index is 0.405. The number of hydrogen-bond donors (Lipinski definition) is 2. The van der Waals surface area contributed by atoms with Crippen molar-refractivity contribution in [1.82, 2.24) is 4.98 Å². The Balaban J connectivity index is 3.25. The third-order valence-corrected chi connectivity index (χ3v) is 1.91. The maximum Gasteiger partial charge on any atom is 0.147 e. The zero-order valence-corrected chi connectivity index (χ0v) is 6.79. The first-order valence-corrected chi connectivity index (χ1v) is 3.45. The molecule has 0 atom stereocenters. The molecule has 4 heteroatoms. The van der Waals surface area contributed by atoms with E-state index in [2.05, 4.69) is 27.6 Å². The summed E-state index contributed by atoms with van der Waals surface area (Å²) in [5.74, 6) is 0.405. The highest BCUT2D eigenvalue weighted by Crippen LogP contribution is 2.17. The summed E-state index contributed by atoms with van der Waals surface area (Å²) in [4.78, 5) is 3.79. The first kappa shape index (κ1) is 6.60. The minimum absolute atomic E-state index is 0.405. The molecular weight excluding hydrogens is 229 g/mol. The molecule has 9 heavy (non-hydrogen) atoms. The van der Waals surface area contributed by atoms with E-state index in [1.807, 2.05) is 6.07 Å². The quantitative estimate of drug-likeness (QED) is 0.655. The van der Waals surface area contributed by atoms with Crippen molar-refractivity contribution in [2.75, 3.05) is 11.5 Å². The van der Waals surface area contributed by atoms with Gasteiger partial charge in [0.05, 0.1) is 5.69 Å². The number of pyridine rings is 1. The summed E-state index contributed by atoms with van der Waals surface area (Å²) in [6.45, 7) is 0. The minimum Gasteiger partial charge on any atom is -0.395 e. The topological polar surface area (TPSA) is 64.9 Å². The van der Waals surface area contributed by atoms with Crippen molar-refractivity contribution >= 4 is 34.1 Å². The van der Waals surface area contributed by atoms with Crippen molar-refractivity contribution in [3.05, 3.63) is 15.8 Å². The molecule has 0 saturated heterocycles. The van der Waals surface area contributed by atoms with Gasteiger partial charge in [0, 0.05) is 9.77 Å². The Hall–Kier alpha value is -0.520. The first-order chi connectivity index (χ1) is 4.22. The monoisotopic (exact) mass is 235 g/mol. The number of rotatable bonds is 0. The zero-order chi connectivity index (χ0) is 6.85. The SMILES string of the molecule is Nc1nccc(I)c1N. The standard InChI is InChI=1S/C5H6IN3/c6-3-1-2-9-5(8)4(3)7/h1-2H,7H2,(H2,8,9). The van der Waals surface area contributed by atoms with E-state index in [1.165, 1.54) is 0 Å². The second kappa shape index (κ2) is 2.38. The lowest BCUT2D eigenvalue weighted by molar-refractivity contribution is 1.33. The zero-order valence-electron chi connectivity index (χ0n) is 4.63. The van der Waals surface area contributed by atoms with Gasteiger partial charge in [-0.3, -0.25) is 0 Å². The predicted octanol–water partition coefficient (Wildman–Crippen LogP) is 0.851. The summed E-state index contributed by atoms with van der Waals surface area (Å²) in [5.41, 5.74) is 11.4. The third kappa shape index (κ3) is 1.24. The summed E-state index contributed by atoms with van der Waals surface area (Å²) in [6.07, 6.45) is 1.63. The Morgan fingerprint density at radius 3 is 2.56 bits per heavy atom. The average molecular weight is 235 g/mol. The smallest absolute Gasteiger partial charge is 0.147 e. The summed E-state index contributed by atoms with van der Waals surface area (Å²) in [7, 11) is 0. The first-order valence-electron chi connectivity index (χ1n) is 2.37. The van der Waals surface area contributed by atoms with Crippen molar-refractivity contribution in [1.29, 1.82) is 0 Å². The number of nitrogen functional groups attached to an aromatic ring is 2. The highest BCUT2D eigenvalue weighted by Gasteiger charge is 1.96. The molecule has 4 N–H and O–H groups in total. The van der Waals surface area contributed by atoms with E-state index in [0.29, 0.717) is 11.5 Å². The summed E-state index contributed by atoms with van der Waals surface area (Å²) in [5, 5.41) is 0. The summed E-state index contributed by atoms with van der Waals surface area (Å²) >= 11 is 2.10. The molecule has 1 rings (SSSR count). The predicted molar refractivity (Wildman–Crippen MR) is 45.8 cm³/mol. The normalized spacial score (nSPS) is 9.44. The Labute approximate surface area is 66.6 Å². The Bertz CT molecular complexity index is 203. The molecular formula is C5H6IN3. The fraction of sp³-hybridized carbons (Fsp3) is 0. The van der Waals surface area contributed by atoms with Gasteiger partial charge in [0.1, 0.15) is 5.82 Å². The van der Waals surface area contributed by atoms with Gasteiger partial charge < -0.3 is 11.5 Å². The van der Waals surface area contributed by atoms with Crippen LogP contribution in [0.3, 0.4) is 0 Å². The average Bonchev–Trinajstić information content (AvgIpc) is 1.83. The fourth-order valence-electron chi connectivity index (χ4n) is 0.465. The second-order valence-corrected chi connectivity index (χ2v) is 2.75. The maximum absolute atomic E-state index is 5.49. The van der Waals surface area contributed by atoms with Crippen LogP contribution >= 0.6 is 22.6 Å². The van der Waals surface area contributed by atoms with Gasteiger partial charge in [-0.2, -0.15) is 0 Å². The molecule has 0 spiro atoms. The molecule has 0 unspecified atom stereocenters. The van der Waals surface area contributed by atoms with Crippen molar-refractivity contribution in [2.45, 2.75) is 0 Å². The highest BCUT2D eigenvalue weighted by atomic mass is 127. The van der Waals surface area contributed by atoms with Crippen LogP contribution in [0.4, 0.5) is 11.5 Å². The molecule has 0 fully saturated rings. The van der Waals surface area contributed by atoms with Crippen molar-refractivity contribution in [2.24, 2.45) is 0 Å². The van der Waals surface area contributed by atoms with Crippen LogP contribution in [0.15, 0.2) is 12.3 Å². The lowest BCUT2D eigenvalue weighted by atomic mass is 10.4.